The lowest BCUT2D eigenvalue weighted by Gasteiger charge is -2.26. The van der Waals surface area contributed by atoms with Crippen molar-refractivity contribution in [3.63, 3.8) is 0 Å². The van der Waals surface area contributed by atoms with Crippen molar-refractivity contribution in [2.24, 2.45) is 0 Å². The van der Waals surface area contributed by atoms with E-state index in [9.17, 15) is 0 Å². The first kappa shape index (κ1) is 23.9. The molecule has 202 valence electrons. The van der Waals surface area contributed by atoms with Crippen LogP contribution in [0.3, 0.4) is 0 Å². The van der Waals surface area contributed by atoms with Gasteiger partial charge in [0.2, 0.25) is 0 Å². The maximum atomic E-state index is 6.17. The van der Waals surface area contributed by atoms with Gasteiger partial charge in [-0.05, 0) is 82.6 Å². The van der Waals surface area contributed by atoms with E-state index < -0.39 is 0 Å². The van der Waals surface area contributed by atoms with Crippen LogP contribution in [-0.4, -0.2) is 0 Å². The third-order valence-electron chi connectivity index (χ3n) is 8.45. The molecule has 0 fully saturated rings. The van der Waals surface area contributed by atoms with Gasteiger partial charge in [-0.2, -0.15) is 0 Å². The Morgan fingerprint density at radius 3 is 1.77 bits per heavy atom. The van der Waals surface area contributed by atoms with E-state index in [1.165, 1.54) is 16.5 Å². The molecule has 9 aromatic rings. The highest BCUT2D eigenvalue weighted by atomic mass is 16.3. The van der Waals surface area contributed by atoms with Crippen LogP contribution in [-0.2, 0) is 0 Å². The summed E-state index contributed by atoms with van der Waals surface area (Å²) in [5.74, 6) is 0. The number of anilines is 3. The Bertz CT molecular complexity index is 2450. The molecule has 0 amide bonds. The predicted octanol–water partition coefficient (Wildman–Crippen LogP) is 11.8. The fourth-order valence-corrected chi connectivity index (χ4v) is 6.41. The van der Waals surface area contributed by atoms with Crippen molar-refractivity contribution < 1.29 is 8.83 Å². The number of hydrogen-bond acceptors (Lipinski definition) is 3. The maximum Gasteiger partial charge on any atom is 0.136 e. The fraction of sp³-hybridized carbons (Fsp3) is 0. The second kappa shape index (κ2) is 9.37. The molecule has 0 bridgehead atoms. The lowest BCUT2D eigenvalue weighted by Crippen LogP contribution is -2.09. The molecule has 0 spiro atoms. The third-order valence-corrected chi connectivity index (χ3v) is 8.45. The van der Waals surface area contributed by atoms with Crippen molar-refractivity contribution >= 4 is 71.7 Å². The minimum absolute atomic E-state index is 0.886. The molecule has 43 heavy (non-hydrogen) atoms. The van der Waals surface area contributed by atoms with Crippen LogP contribution in [0.2, 0.25) is 0 Å². The first-order valence-electron chi connectivity index (χ1n) is 14.5. The third kappa shape index (κ3) is 3.83. The molecule has 9 rings (SSSR count). The molecular weight excluding hydrogens is 526 g/mol. The summed E-state index contributed by atoms with van der Waals surface area (Å²) in [6.07, 6.45) is 0. The molecular formula is C40H25NO2. The largest absolute Gasteiger partial charge is 0.456 e. The van der Waals surface area contributed by atoms with Gasteiger partial charge in [0.15, 0.2) is 0 Å². The van der Waals surface area contributed by atoms with E-state index >= 15 is 0 Å². The summed E-state index contributed by atoms with van der Waals surface area (Å²) in [7, 11) is 0. The molecule has 0 aliphatic carbocycles. The van der Waals surface area contributed by atoms with E-state index in [-0.39, 0.29) is 0 Å². The molecule has 0 aliphatic heterocycles. The Kier molecular flexibility index (Phi) is 5.20. The van der Waals surface area contributed by atoms with E-state index in [0.29, 0.717) is 0 Å². The molecule has 0 aliphatic rings. The van der Waals surface area contributed by atoms with E-state index in [1.807, 2.05) is 24.3 Å². The van der Waals surface area contributed by atoms with Crippen LogP contribution >= 0.6 is 0 Å². The molecule has 0 saturated heterocycles. The van der Waals surface area contributed by atoms with Crippen molar-refractivity contribution in [2.45, 2.75) is 0 Å². The second-order valence-corrected chi connectivity index (χ2v) is 11.0. The molecule has 3 nitrogen and oxygen atoms in total. The Morgan fingerprint density at radius 2 is 0.930 bits per heavy atom. The number of benzene rings is 7. The summed E-state index contributed by atoms with van der Waals surface area (Å²) >= 11 is 0. The van der Waals surface area contributed by atoms with Crippen LogP contribution in [0.5, 0.6) is 0 Å². The molecule has 0 N–H and O–H groups in total. The lowest BCUT2D eigenvalue weighted by molar-refractivity contribution is 0.668. The van der Waals surface area contributed by atoms with Gasteiger partial charge in [-0.1, -0.05) is 91.0 Å². The van der Waals surface area contributed by atoms with Crippen molar-refractivity contribution in [3.05, 3.63) is 152 Å². The topological polar surface area (TPSA) is 29.5 Å². The van der Waals surface area contributed by atoms with Crippen molar-refractivity contribution in [1.29, 1.82) is 0 Å². The van der Waals surface area contributed by atoms with Gasteiger partial charge in [0.25, 0.3) is 0 Å². The SMILES string of the molecule is c1ccc(-c2ccc(N(c3ccc4c(ccc5oc6ccccc6c54)c3)c3ccc4oc5ccccc5c4c3)cc2)cc1. The summed E-state index contributed by atoms with van der Waals surface area (Å²) in [5.41, 5.74) is 9.23. The highest BCUT2D eigenvalue weighted by Crippen LogP contribution is 2.42. The maximum absolute atomic E-state index is 6.17. The lowest BCUT2D eigenvalue weighted by atomic mass is 10.0. The normalized spacial score (nSPS) is 11.7. The molecule has 2 aromatic heterocycles. The van der Waals surface area contributed by atoms with Crippen LogP contribution in [0.15, 0.2) is 160 Å². The number of hydrogen-bond donors (Lipinski definition) is 0. The number of fused-ring (bicyclic) bond motifs is 8. The first-order valence-corrected chi connectivity index (χ1v) is 14.5. The summed E-state index contributed by atoms with van der Waals surface area (Å²) < 4.78 is 12.3. The Labute approximate surface area is 247 Å². The van der Waals surface area contributed by atoms with Crippen molar-refractivity contribution in [2.75, 3.05) is 4.90 Å². The van der Waals surface area contributed by atoms with E-state index in [1.54, 1.807) is 0 Å². The Balaban J connectivity index is 1.24. The highest BCUT2D eigenvalue weighted by molar-refractivity contribution is 6.19. The first-order chi connectivity index (χ1) is 21.3. The standard InChI is InChI=1S/C40H25NO2/c1-2-8-26(9-3-1)27-14-17-29(18-15-27)41(31-20-23-38-35(25-31)33-10-4-6-12-36(33)42-38)30-19-21-32-28(24-30)16-22-39-40(32)34-11-5-7-13-37(34)43-39/h1-25H. The molecule has 7 aromatic carbocycles. The predicted molar refractivity (Wildman–Crippen MR) is 179 cm³/mol. The Morgan fingerprint density at radius 1 is 0.349 bits per heavy atom. The highest BCUT2D eigenvalue weighted by Gasteiger charge is 2.17. The molecule has 0 unspecified atom stereocenters. The smallest absolute Gasteiger partial charge is 0.136 e. The van der Waals surface area contributed by atoms with Gasteiger partial charge >= 0.3 is 0 Å². The van der Waals surface area contributed by atoms with E-state index in [2.05, 4.69) is 132 Å². The second-order valence-electron chi connectivity index (χ2n) is 11.0. The fourth-order valence-electron chi connectivity index (χ4n) is 6.41. The van der Waals surface area contributed by atoms with Gasteiger partial charge in [-0.25, -0.2) is 0 Å². The summed E-state index contributed by atoms with van der Waals surface area (Å²) in [6, 6.07) is 53.2. The minimum Gasteiger partial charge on any atom is -0.456 e. The monoisotopic (exact) mass is 551 g/mol. The summed E-state index contributed by atoms with van der Waals surface area (Å²) in [4.78, 5) is 2.33. The van der Waals surface area contributed by atoms with Gasteiger partial charge in [-0.15, -0.1) is 0 Å². The van der Waals surface area contributed by atoms with Gasteiger partial charge in [0.1, 0.15) is 22.3 Å². The number of nitrogens with zero attached hydrogens (tertiary/aromatic N) is 1. The number of rotatable bonds is 4. The van der Waals surface area contributed by atoms with Crippen molar-refractivity contribution in [1.82, 2.24) is 0 Å². The van der Waals surface area contributed by atoms with Gasteiger partial charge < -0.3 is 13.7 Å². The van der Waals surface area contributed by atoms with E-state index in [0.717, 1.165) is 66.3 Å². The molecule has 0 radical (unpaired) electrons. The van der Waals surface area contributed by atoms with Gasteiger partial charge in [0.05, 0.1) is 0 Å². The van der Waals surface area contributed by atoms with Gasteiger partial charge in [-0.3, -0.25) is 0 Å². The van der Waals surface area contributed by atoms with Crippen molar-refractivity contribution in [3.8, 4) is 11.1 Å². The summed E-state index contributed by atoms with van der Waals surface area (Å²) in [6.45, 7) is 0. The van der Waals surface area contributed by atoms with Gasteiger partial charge in [0, 0.05) is 38.6 Å². The quantitative estimate of drug-likeness (QED) is 0.218. The number of furan rings is 2. The van der Waals surface area contributed by atoms with Crippen LogP contribution in [0.1, 0.15) is 0 Å². The molecule has 0 saturated carbocycles. The molecule has 2 heterocycles. The van der Waals surface area contributed by atoms with E-state index in [4.69, 9.17) is 8.83 Å². The van der Waals surface area contributed by atoms with Crippen LogP contribution < -0.4 is 4.90 Å². The Hall–Kier alpha value is -5.80. The van der Waals surface area contributed by atoms with Crippen LogP contribution in [0.25, 0.3) is 65.8 Å². The number of para-hydroxylation sites is 2. The minimum atomic E-state index is 0.886. The van der Waals surface area contributed by atoms with Crippen LogP contribution in [0.4, 0.5) is 17.1 Å². The average molecular weight is 552 g/mol. The zero-order valence-corrected chi connectivity index (χ0v) is 23.2. The average Bonchev–Trinajstić information content (AvgIpc) is 3.64. The summed E-state index contributed by atoms with van der Waals surface area (Å²) in [5, 5.41) is 6.86. The zero-order chi connectivity index (χ0) is 28.3. The van der Waals surface area contributed by atoms with Crippen LogP contribution in [0, 0.1) is 0 Å². The molecule has 0 atom stereocenters. The molecule has 3 heteroatoms. The zero-order valence-electron chi connectivity index (χ0n) is 23.2.